The van der Waals surface area contributed by atoms with E-state index >= 15 is 0 Å². The average Bonchev–Trinajstić information content (AvgIpc) is 2.52. The molecule has 0 unspecified atom stereocenters. The maximum absolute atomic E-state index is 4.63. The Bertz CT molecular complexity index is 552. The van der Waals surface area contributed by atoms with Crippen molar-refractivity contribution in [3.63, 3.8) is 0 Å². The fourth-order valence-electron chi connectivity index (χ4n) is 1.89. The van der Waals surface area contributed by atoms with E-state index in [1.807, 2.05) is 6.07 Å². The van der Waals surface area contributed by atoms with E-state index in [-0.39, 0.29) is 0 Å². The summed E-state index contributed by atoms with van der Waals surface area (Å²) in [6.45, 7) is 5.20. The molecule has 0 aliphatic carbocycles. The van der Waals surface area contributed by atoms with E-state index in [0.29, 0.717) is 0 Å². The fourth-order valence-corrected chi connectivity index (χ4v) is 2.30. The van der Waals surface area contributed by atoms with Crippen LogP contribution in [0.4, 0.5) is 5.82 Å². The van der Waals surface area contributed by atoms with Crippen LogP contribution in [0, 0.1) is 0 Å². The van der Waals surface area contributed by atoms with E-state index in [0.717, 1.165) is 42.3 Å². The van der Waals surface area contributed by atoms with Crippen molar-refractivity contribution >= 4 is 17.6 Å². The highest BCUT2D eigenvalue weighted by atomic mass is 32.2. The van der Waals surface area contributed by atoms with Crippen LogP contribution >= 0.6 is 11.8 Å². The maximum Gasteiger partial charge on any atom is 0.161 e. The van der Waals surface area contributed by atoms with Crippen LogP contribution in [0.2, 0.25) is 0 Å². The molecule has 0 radical (unpaired) electrons. The molecule has 0 aliphatic rings. The number of aromatic nitrogens is 2. The quantitative estimate of drug-likeness (QED) is 0.806. The zero-order valence-corrected chi connectivity index (χ0v) is 13.1. The summed E-state index contributed by atoms with van der Waals surface area (Å²) in [6.07, 6.45) is 4.08. The molecule has 20 heavy (non-hydrogen) atoms. The van der Waals surface area contributed by atoms with Crippen molar-refractivity contribution in [2.75, 3.05) is 18.1 Å². The molecule has 1 aromatic heterocycles. The zero-order chi connectivity index (χ0) is 14.4. The Balaban J connectivity index is 2.33. The molecule has 2 rings (SSSR count). The minimum atomic E-state index is 0.801. The monoisotopic (exact) mass is 287 g/mol. The number of rotatable bonds is 6. The molecule has 0 saturated carbocycles. The second-order valence-electron chi connectivity index (χ2n) is 4.58. The molecule has 2 aromatic rings. The van der Waals surface area contributed by atoms with Crippen LogP contribution in [-0.2, 0) is 6.42 Å². The van der Waals surface area contributed by atoms with Gasteiger partial charge in [-0.3, -0.25) is 0 Å². The van der Waals surface area contributed by atoms with E-state index < -0.39 is 0 Å². The zero-order valence-electron chi connectivity index (χ0n) is 12.3. The fraction of sp³-hybridized carbons (Fsp3) is 0.375. The summed E-state index contributed by atoms with van der Waals surface area (Å²) in [5, 5.41) is 3.35. The van der Waals surface area contributed by atoms with Gasteiger partial charge in [-0.15, -0.1) is 11.8 Å². The van der Waals surface area contributed by atoms with Gasteiger partial charge in [-0.05, 0) is 31.2 Å². The largest absolute Gasteiger partial charge is 0.370 e. The molecule has 1 N–H and O–H groups in total. The minimum Gasteiger partial charge on any atom is -0.370 e. The average molecular weight is 287 g/mol. The highest BCUT2D eigenvalue weighted by Gasteiger charge is 2.06. The summed E-state index contributed by atoms with van der Waals surface area (Å²) in [5.41, 5.74) is 2.14. The number of anilines is 1. The Morgan fingerprint density at radius 1 is 1.10 bits per heavy atom. The molecule has 0 bridgehead atoms. The number of thioether (sulfide) groups is 1. The number of hydrogen-bond donors (Lipinski definition) is 1. The number of aryl methyl sites for hydroxylation is 1. The maximum atomic E-state index is 4.63. The van der Waals surface area contributed by atoms with Crippen molar-refractivity contribution in [3.8, 4) is 11.4 Å². The van der Waals surface area contributed by atoms with E-state index in [4.69, 9.17) is 0 Å². The Kier molecular flexibility index (Phi) is 5.41. The normalized spacial score (nSPS) is 10.6. The third kappa shape index (κ3) is 3.73. The molecule has 3 nitrogen and oxygen atoms in total. The molecule has 1 heterocycles. The SMILES string of the molecule is CCCNc1cc(CC)nc(-c2ccc(SC)cc2)n1. The summed E-state index contributed by atoms with van der Waals surface area (Å²) in [4.78, 5) is 10.5. The van der Waals surface area contributed by atoms with Crippen LogP contribution in [0.5, 0.6) is 0 Å². The molecule has 106 valence electrons. The minimum absolute atomic E-state index is 0.801. The van der Waals surface area contributed by atoms with Gasteiger partial charge in [0.25, 0.3) is 0 Å². The van der Waals surface area contributed by atoms with Crippen molar-refractivity contribution in [2.45, 2.75) is 31.6 Å². The van der Waals surface area contributed by atoms with E-state index in [1.165, 1.54) is 4.90 Å². The van der Waals surface area contributed by atoms with Gasteiger partial charge in [-0.2, -0.15) is 0 Å². The number of hydrogen-bond acceptors (Lipinski definition) is 4. The van der Waals surface area contributed by atoms with Gasteiger partial charge in [0.05, 0.1) is 0 Å². The molecule has 0 saturated heterocycles. The smallest absolute Gasteiger partial charge is 0.161 e. The highest BCUT2D eigenvalue weighted by molar-refractivity contribution is 7.98. The predicted molar refractivity (Wildman–Crippen MR) is 87.4 cm³/mol. The van der Waals surface area contributed by atoms with Gasteiger partial charge in [-0.1, -0.05) is 26.0 Å². The van der Waals surface area contributed by atoms with Crippen LogP contribution in [0.15, 0.2) is 35.2 Å². The lowest BCUT2D eigenvalue weighted by Crippen LogP contribution is -2.05. The van der Waals surface area contributed by atoms with E-state index in [9.17, 15) is 0 Å². The molecule has 0 fully saturated rings. The predicted octanol–water partition coefficient (Wildman–Crippen LogP) is 4.25. The van der Waals surface area contributed by atoms with Crippen molar-refractivity contribution in [3.05, 3.63) is 36.0 Å². The Labute approximate surface area is 125 Å². The molecule has 0 amide bonds. The molecular formula is C16H21N3S. The van der Waals surface area contributed by atoms with E-state index in [2.05, 4.69) is 59.7 Å². The van der Waals surface area contributed by atoms with Crippen molar-refractivity contribution in [2.24, 2.45) is 0 Å². The van der Waals surface area contributed by atoms with E-state index in [1.54, 1.807) is 11.8 Å². The number of nitrogens with one attached hydrogen (secondary N) is 1. The van der Waals surface area contributed by atoms with Gasteiger partial charge in [0.15, 0.2) is 5.82 Å². The summed E-state index contributed by atoms with van der Waals surface area (Å²) < 4.78 is 0. The standard InChI is InChI=1S/C16H21N3S/c1-4-10-17-15-11-13(5-2)18-16(19-15)12-6-8-14(20-3)9-7-12/h6-9,11H,4-5,10H2,1-3H3,(H,17,18,19). The third-order valence-corrected chi connectivity index (χ3v) is 3.79. The Morgan fingerprint density at radius 3 is 2.45 bits per heavy atom. The number of benzene rings is 1. The van der Waals surface area contributed by atoms with Crippen LogP contribution in [0.1, 0.15) is 26.0 Å². The first-order chi connectivity index (χ1) is 9.76. The lowest BCUT2D eigenvalue weighted by atomic mass is 10.2. The molecule has 0 atom stereocenters. The number of nitrogens with zero attached hydrogens (tertiary/aromatic N) is 2. The van der Waals surface area contributed by atoms with Crippen LogP contribution in [-0.4, -0.2) is 22.8 Å². The van der Waals surface area contributed by atoms with Crippen LogP contribution in [0.3, 0.4) is 0 Å². The first kappa shape index (κ1) is 14.9. The summed E-state index contributed by atoms with van der Waals surface area (Å²) in [5.74, 6) is 1.72. The summed E-state index contributed by atoms with van der Waals surface area (Å²) >= 11 is 1.74. The highest BCUT2D eigenvalue weighted by Crippen LogP contribution is 2.22. The third-order valence-electron chi connectivity index (χ3n) is 3.05. The summed E-state index contributed by atoms with van der Waals surface area (Å²) in [6, 6.07) is 10.4. The molecular weight excluding hydrogens is 266 g/mol. The van der Waals surface area contributed by atoms with Crippen molar-refractivity contribution in [1.29, 1.82) is 0 Å². The van der Waals surface area contributed by atoms with Gasteiger partial charge in [-0.25, -0.2) is 9.97 Å². The van der Waals surface area contributed by atoms with Gasteiger partial charge < -0.3 is 5.32 Å². The second-order valence-corrected chi connectivity index (χ2v) is 5.46. The van der Waals surface area contributed by atoms with Gasteiger partial charge in [0.2, 0.25) is 0 Å². The van der Waals surface area contributed by atoms with Crippen molar-refractivity contribution < 1.29 is 0 Å². The first-order valence-electron chi connectivity index (χ1n) is 7.03. The molecule has 4 heteroatoms. The second kappa shape index (κ2) is 7.29. The topological polar surface area (TPSA) is 37.8 Å². The molecule has 1 aromatic carbocycles. The van der Waals surface area contributed by atoms with Gasteiger partial charge in [0.1, 0.15) is 5.82 Å². The van der Waals surface area contributed by atoms with Crippen LogP contribution in [0.25, 0.3) is 11.4 Å². The lowest BCUT2D eigenvalue weighted by Gasteiger charge is -2.09. The van der Waals surface area contributed by atoms with Gasteiger partial charge in [0, 0.05) is 28.8 Å². The van der Waals surface area contributed by atoms with Crippen molar-refractivity contribution in [1.82, 2.24) is 9.97 Å². The Hall–Kier alpha value is -1.55. The Morgan fingerprint density at radius 2 is 1.85 bits per heavy atom. The van der Waals surface area contributed by atoms with Crippen LogP contribution < -0.4 is 5.32 Å². The lowest BCUT2D eigenvalue weighted by molar-refractivity contribution is 0.951. The molecule has 0 spiro atoms. The first-order valence-corrected chi connectivity index (χ1v) is 8.25. The molecule has 0 aliphatic heterocycles. The van der Waals surface area contributed by atoms with Gasteiger partial charge >= 0.3 is 0 Å². The summed E-state index contributed by atoms with van der Waals surface area (Å²) in [7, 11) is 0.